The number of nitrogens with one attached hydrogen (secondary N) is 1. The Balaban J connectivity index is 2.03. The summed E-state index contributed by atoms with van der Waals surface area (Å²) >= 11 is 0. The largest absolute Gasteiger partial charge is 0.474 e. The number of aromatic nitrogens is 4. The summed E-state index contributed by atoms with van der Waals surface area (Å²) in [6.45, 7) is 7.68. The Hall–Kier alpha value is -2.22. The first kappa shape index (κ1) is 18.1. The van der Waals surface area contributed by atoms with Crippen LogP contribution in [0.1, 0.15) is 39.9 Å². The predicted octanol–water partition coefficient (Wildman–Crippen LogP) is 0.977. The van der Waals surface area contributed by atoms with E-state index in [0.29, 0.717) is 23.8 Å². The van der Waals surface area contributed by atoms with E-state index in [1.54, 1.807) is 16.6 Å². The first-order valence-corrected chi connectivity index (χ1v) is 8.19. The maximum Gasteiger partial charge on any atom is 0.232 e. The molecule has 0 saturated heterocycles. The lowest BCUT2D eigenvalue weighted by molar-refractivity contribution is -0.122. The minimum atomic E-state index is -0.239. The van der Waals surface area contributed by atoms with Crippen LogP contribution in [0.25, 0.3) is 5.65 Å². The smallest absolute Gasteiger partial charge is 0.232 e. The molecule has 2 N–H and O–H groups in total. The number of nitrogens with zero attached hydrogens (tertiary/aromatic N) is 4. The van der Waals surface area contributed by atoms with Crippen molar-refractivity contribution in [1.82, 2.24) is 25.1 Å². The predicted molar refractivity (Wildman–Crippen MR) is 88.7 cm³/mol. The fourth-order valence-corrected chi connectivity index (χ4v) is 2.20. The Morgan fingerprint density at radius 1 is 1.29 bits per heavy atom. The molecule has 0 bridgehead atoms. The molecule has 2 aromatic rings. The van der Waals surface area contributed by atoms with E-state index in [-0.39, 0.29) is 37.0 Å². The molecular formula is C16H25N5O3. The van der Waals surface area contributed by atoms with E-state index >= 15 is 0 Å². The molecule has 0 aliphatic carbocycles. The SMILES string of the molecule is CC(C)Oc1ccc2nnc(CCC(=O)N[C@H](CO)C(C)C)n2n1. The molecular weight excluding hydrogens is 310 g/mol. The van der Waals surface area contributed by atoms with Crippen LogP contribution in [0.2, 0.25) is 0 Å². The van der Waals surface area contributed by atoms with Gasteiger partial charge in [-0.05, 0) is 25.8 Å². The normalized spacial score (nSPS) is 12.8. The molecule has 0 aliphatic rings. The molecule has 0 radical (unpaired) electrons. The van der Waals surface area contributed by atoms with E-state index < -0.39 is 0 Å². The standard InChI is InChI=1S/C16H25N5O3/c1-10(2)12(9-22)17-15(23)7-5-13-18-19-14-6-8-16(20-21(13)14)24-11(3)4/h6,8,10-12,22H,5,7,9H2,1-4H3,(H,17,23)/t12-/m1/s1. The molecule has 2 aromatic heterocycles. The van der Waals surface area contributed by atoms with Crippen molar-refractivity contribution in [2.75, 3.05) is 6.61 Å². The zero-order valence-corrected chi connectivity index (χ0v) is 14.6. The second-order valence-corrected chi connectivity index (χ2v) is 6.33. The van der Waals surface area contributed by atoms with Gasteiger partial charge in [0.25, 0.3) is 0 Å². The Bertz CT molecular complexity index is 683. The Labute approximate surface area is 141 Å². The van der Waals surface area contributed by atoms with Crippen LogP contribution in [-0.4, -0.2) is 49.6 Å². The molecule has 1 amide bonds. The molecule has 0 unspecified atom stereocenters. The van der Waals surface area contributed by atoms with Crippen LogP contribution in [-0.2, 0) is 11.2 Å². The number of aliphatic hydroxyl groups excluding tert-OH is 1. The van der Waals surface area contributed by atoms with Crippen molar-refractivity contribution in [3.63, 3.8) is 0 Å². The number of ether oxygens (including phenoxy) is 1. The molecule has 2 rings (SSSR count). The van der Waals surface area contributed by atoms with Gasteiger partial charge in [-0.15, -0.1) is 15.3 Å². The maximum absolute atomic E-state index is 12.0. The van der Waals surface area contributed by atoms with Gasteiger partial charge in [0.15, 0.2) is 11.5 Å². The summed E-state index contributed by atoms with van der Waals surface area (Å²) < 4.78 is 7.17. The number of aliphatic hydroxyl groups is 1. The van der Waals surface area contributed by atoms with Crippen LogP contribution in [0.15, 0.2) is 12.1 Å². The van der Waals surface area contributed by atoms with E-state index in [9.17, 15) is 9.90 Å². The highest BCUT2D eigenvalue weighted by molar-refractivity contribution is 5.76. The fraction of sp³-hybridized carbons (Fsp3) is 0.625. The Kier molecular flexibility index (Phi) is 6.08. The van der Waals surface area contributed by atoms with Gasteiger partial charge >= 0.3 is 0 Å². The molecule has 1 atom stereocenters. The number of aryl methyl sites for hydroxylation is 1. The third-order valence-corrected chi connectivity index (χ3v) is 3.58. The van der Waals surface area contributed by atoms with E-state index in [4.69, 9.17) is 4.74 Å². The van der Waals surface area contributed by atoms with Crippen molar-refractivity contribution in [3.05, 3.63) is 18.0 Å². The minimum Gasteiger partial charge on any atom is -0.474 e. The summed E-state index contributed by atoms with van der Waals surface area (Å²) in [4.78, 5) is 12.0. The summed E-state index contributed by atoms with van der Waals surface area (Å²) in [6, 6.07) is 3.29. The Morgan fingerprint density at radius 2 is 2.04 bits per heavy atom. The number of carbonyl (C=O) groups excluding carboxylic acids is 1. The highest BCUT2D eigenvalue weighted by atomic mass is 16.5. The number of rotatable bonds is 8. The topological polar surface area (TPSA) is 102 Å². The molecule has 2 heterocycles. The second-order valence-electron chi connectivity index (χ2n) is 6.33. The van der Waals surface area contributed by atoms with Gasteiger partial charge in [-0.2, -0.15) is 4.52 Å². The van der Waals surface area contributed by atoms with E-state index in [1.165, 1.54) is 0 Å². The quantitative estimate of drug-likeness (QED) is 0.745. The first-order valence-electron chi connectivity index (χ1n) is 8.19. The summed E-state index contributed by atoms with van der Waals surface area (Å²) in [7, 11) is 0. The average molecular weight is 335 g/mol. The van der Waals surface area contributed by atoms with E-state index in [2.05, 4.69) is 20.6 Å². The first-order chi connectivity index (χ1) is 11.4. The lowest BCUT2D eigenvalue weighted by Crippen LogP contribution is -2.41. The van der Waals surface area contributed by atoms with Crippen LogP contribution in [0.5, 0.6) is 5.88 Å². The van der Waals surface area contributed by atoms with Crippen LogP contribution in [0, 0.1) is 5.92 Å². The Morgan fingerprint density at radius 3 is 2.67 bits per heavy atom. The third kappa shape index (κ3) is 4.64. The van der Waals surface area contributed by atoms with E-state index in [1.807, 2.05) is 27.7 Å². The van der Waals surface area contributed by atoms with Crippen molar-refractivity contribution < 1.29 is 14.6 Å². The van der Waals surface area contributed by atoms with Gasteiger partial charge in [-0.1, -0.05) is 13.8 Å². The minimum absolute atomic E-state index is 0.0205. The molecule has 8 nitrogen and oxygen atoms in total. The highest BCUT2D eigenvalue weighted by Crippen LogP contribution is 2.12. The summed E-state index contributed by atoms with van der Waals surface area (Å²) in [5.41, 5.74) is 0.608. The molecule has 24 heavy (non-hydrogen) atoms. The van der Waals surface area contributed by atoms with Crippen molar-refractivity contribution in [2.45, 2.75) is 52.7 Å². The molecule has 0 spiro atoms. The van der Waals surface area contributed by atoms with Crippen LogP contribution >= 0.6 is 0 Å². The molecule has 0 aliphatic heterocycles. The summed E-state index contributed by atoms with van der Waals surface area (Å²) in [5.74, 6) is 1.13. The van der Waals surface area contributed by atoms with Crippen LogP contribution < -0.4 is 10.1 Å². The van der Waals surface area contributed by atoms with Gasteiger partial charge in [-0.3, -0.25) is 4.79 Å². The van der Waals surface area contributed by atoms with Gasteiger partial charge in [0.2, 0.25) is 11.8 Å². The zero-order valence-electron chi connectivity index (χ0n) is 14.6. The summed E-state index contributed by atoms with van der Waals surface area (Å²) in [6.07, 6.45) is 0.676. The van der Waals surface area contributed by atoms with E-state index in [0.717, 1.165) is 0 Å². The number of carbonyl (C=O) groups is 1. The highest BCUT2D eigenvalue weighted by Gasteiger charge is 2.16. The third-order valence-electron chi connectivity index (χ3n) is 3.58. The lowest BCUT2D eigenvalue weighted by Gasteiger charge is -2.19. The maximum atomic E-state index is 12.0. The van der Waals surface area contributed by atoms with Gasteiger partial charge < -0.3 is 15.2 Å². The van der Waals surface area contributed by atoms with Crippen molar-refractivity contribution >= 4 is 11.6 Å². The zero-order chi connectivity index (χ0) is 17.7. The molecule has 132 valence electrons. The second kappa shape index (κ2) is 8.05. The monoisotopic (exact) mass is 335 g/mol. The number of fused-ring (bicyclic) bond motifs is 1. The lowest BCUT2D eigenvalue weighted by atomic mass is 10.1. The van der Waals surface area contributed by atoms with Crippen LogP contribution in [0.4, 0.5) is 0 Å². The molecule has 0 fully saturated rings. The van der Waals surface area contributed by atoms with Crippen molar-refractivity contribution in [1.29, 1.82) is 0 Å². The molecule has 0 saturated carbocycles. The van der Waals surface area contributed by atoms with Gasteiger partial charge in [-0.25, -0.2) is 0 Å². The molecule has 0 aromatic carbocycles. The van der Waals surface area contributed by atoms with Gasteiger partial charge in [0, 0.05) is 18.9 Å². The fourth-order valence-electron chi connectivity index (χ4n) is 2.20. The summed E-state index contributed by atoms with van der Waals surface area (Å²) in [5, 5.41) is 24.6. The van der Waals surface area contributed by atoms with Gasteiger partial charge in [0.1, 0.15) is 0 Å². The van der Waals surface area contributed by atoms with Crippen LogP contribution in [0.3, 0.4) is 0 Å². The molecule has 8 heteroatoms. The van der Waals surface area contributed by atoms with Gasteiger partial charge in [0.05, 0.1) is 18.8 Å². The van der Waals surface area contributed by atoms with Crippen molar-refractivity contribution in [2.24, 2.45) is 5.92 Å². The van der Waals surface area contributed by atoms with Crippen molar-refractivity contribution in [3.8, 4) is 5.88 Å². The number of hydrogen-bond donors (Lipinski definition) is 2. The number of hydrogen-bond acceptors (Lipinski definition) is 6. The average Bonchev–Trinajstić information content (AvgIpc) is 2.92. The number of amides is 1.